The molecule has 7 heteroatoms. The summed E-state index contributed by atoms with van der Waals surface area (Å²) in [7, 11) is -1.73. The standard InChI is InChI=1S/C12H22N4O2S/c1-3-11(16-6-4-5-7-16)8-14-19(17,18)12-9-13-15(2)10-12/h9-11,14H,3-8H2,1-2H3/t11-/m1/s1. The van der Waals surface area contributed by atoms with E-state index in [0.29, 0.717) is 6.54 Å². The highest BCUT2D eigenvalue weighted by atomic mass is 32.2. The first-order valence-electron chi connectivity index (χ1n) is 6.75. The smallest absolute Gasteiger partial charge is 0.243 e. The van der Waals surface area contributed by atoms with E-state index in [9.17, 15) is 8.42 Å². The lowest BCUT2D eigenvalue weighted by Crippen LogP contribution is -2.42. The molecule has 108 valence electrons. The van der Waals surface area contributed by atoms with Gasteiger partial charge in [0.15, 0.2) is 0 Å². The van der Waals surface area contributed by atoms with Crippen LogP contribution in [0.4, 0.5) is 0 Å². The number of nitrogens with zero attached hydrogens (tertiary/aromatic N) is 3. The van der Waals surface area contributed by atoms with Gasteiger partial charge in [-0.15, -0.1) is 0 Å². The molecule has 0 radical (unpaired) electrons. The second-order valence-corrected chi connectivity index (χ2v) is 6.77. The van der Waals surface area contributed by atoms with Crippen LogP contribution < -0.4 is 4.72 Å². The van der Waals surface area contributed by atoms with Crippen LogP contribution in [0.25, 0.3) is 0 Å². The van der Waals surface area contributed by atoms with E-state index in [2.05, 4.69) is 21.6 Å². The number of aromatic nitrogens is 2. The molecule has 1 aliphatic rings. The van der Waals surface area contributed by atoms with Gasteiger partial charge in [0.1, 0.15) is 4.90 Å². The Kier molecular flexibility index (Phi) is 4.59. The van der Waals surface area contributed by atoms with Gasteiger partial charge in [0.2, 0.25) is 10.0 Å². The molecule has 1 aromatic heterocycles. The molecule has 0 bridgehead atoms. The molecule has 0 amide bonds. The second-order valence-electron chi connectivity index (χ2n) is 5.01. The molecule has 0 saturated carbocycles. The summed E-state index contributed by atoms with van der Waals surface area (Å²) in [5, 5.41) is 3.89. The first kappa shape index (κ1) is 14.5. The van der Waals surface area contributed by atoms with E-state index < -0.39 is 10.0 Å². The lowest BCUT2D eigenvalue weighted by molar-refractivity contribution is 0.237. The Hall–Kier alpha value is -0.920. The molecule has 0 aromatic carbocycles. The van der Waals surface area contributed by atoms with Crippen LogP contribution in [0.3, 0.4) is 0 Å². The number of nitrogens with one attached hydrogen (secondary N) is 1. The van der Waals surface area contributed by atoms with Crippen molar-refractivity contribution >= 4 is 10.0 Å². The van der Waals surface area contributed by atoms with E-state index in [1.54, 1.807) is 7.05 Å². The Morgan fingerprint density at radius 1 is 1.42 bits per heavy atom. The molecule has 0 spiro atoms. The number of aryl methyl sites for hydroxylation is 1. The number of hydrogen-bond acceptors (Lipinski definition) is 4. The van der Waals surface area contributed by atoms with Gasteiger partial charge in [0.25, 0.3) is 0 Å². The molecule has 1 N–H and O–H groups in total. The van der Waals surface area contributed by atoms with Gasteiger partial charge >= 0.3 is 0 Å². The monoisotopic (exact) mass is 286 g/mol. The maximum atomic E-state index is 12.1. The zero-order chi connectivity index (χ0) is 13.9. The van der Waals surface area contributed by atoms with Crippen molar-refractivity contribution in [2.45, 2.75) is 37.1 Å². The summed E-state index contributed by atoms with van der Waals surface area (Å²) in [6.45, 7) is 4.72. The zero-order valence-electron chi connectivity index (χ0n) is 11.5. The second kappa shape index (κ2) is 6.02. The van der Waals surface area contributed by atoms with Crippen LogP contribution in [-0.4, -0.2) is 48.8 Å². The van der Waals surface area contributed by atoms with Crippen molar-refractivity contribution in [2.24, 2.45) is 7.05 Å². The fraction of sp³-hybridized carbons (Fsp3) is 0.750. The molecular weight excluding hydrogens is 264 g/mol. The SMILES string of the molecule is CC[C@H](CNS(=O)(=O)c1cnn(C)c1)N1CCCC1. The molecular formula is C12H22N4O2S. The maximum absolute atomic E-state index is 12.1. The fourth-order valence-corrected chi connectivity index (χ4v) is 3.52. The highest BCUT2D eigenvalue weighted by Gasteiger charge is 2.23. The molecule has 1 aliphatic heterocycles. The van der Waals surface area contributed by atoms with Crippen LogP contribution in [0, 0.1) is 0 Å². The van der Waals surface area contributed by atoms with Crippen molar-refractivity contribution in [3.8, 4) is 0 Å². The molecule has 6 nitrogen and oxygen atoms in total. The normalized spacial score (nSPS) is 18.8. The minimum atomic E-state index is -3.43. The summed E-state index contributed by atoms with van der Waals surface area (Å²) in [5.41, 5.74) is 0. The average Bonchev–Trinajstić information content (AvgIpc) is 3.01. The van der Waals surface area contributed by atoms with E-state index in [-0.39, 0.29) is 10.9 Å². The Morgan fingerprint density at radius 2 is 2.11 bits per heavy atom. The van der Waals surface area contributed by atoms with Crippen molar-refractivity contribution in [1.29, 1.82) is 0 Å². The Bertz CT molecular complexity index is 506. The minimum Gasteiger partial charge on any atom is -0.299 e. The summed E-state index contributed by atoms with van der Waals surface area (Å²) in [4.78, 5) is 2.59. The summed E-state index contributed by atoms with van der Waals surface area (Å²) in [5.74, 6) is 0. The van der Waals surface area contributed by atoms with Gasteiger partial charge in [0, 0.05) is 25.8 Å². The molecule has 19 heavy (non-hydrogen) atoms. The van der Waals surface area contributed by atoms with Gasteiger partial charge < -0.3 is 0 Å². The molecule has 0 unspecified atom stereocenters. The van der Waals surface area contributed by atoms with Crippen LogP contribution in [0.1, 0.15) is 26.2 Å². The van der Waals surface area contributed by atoms with Crippen molar-refractivity contribution in [3.63, 3.8) is 0 Å². The van der Waals surface area contributed by atoms with Crippen LogP contribution >= 0.6 is 0 Å². The number of rotatable bonds is 6. The van der Waals surface area contributed by atoms with Gasteiger partial charge in [-0.05, 0) is 32.4 Å². The van der Waals surface area contributed by atoms with Crippen molar-refractivity contribution in [3.05, 3.63) is 12.4 Å². The Labute approximate surface area is 114 Å². The third kappa shape index (κ3) is 3.55. The number of hydrogen-bond donors (Lipinski definition) is 1. The highest BCUT2D eigenvalue weighted by Crippen LogP contribution is 2.14. The fourth-order valence-electron chi connectivity index (χ4n) is 2.47. The topological polar surface area (TPSA) is 67.2 Å². The summed E-state index contributed by atoms with van der Waals surface area (Å²) < 4.78 is 28.4. The van der Waals surface area contributed by atoms with Gasteiger partial charge in [0.05, 0.1) is 6.20 Å². The summed E-state index contributed by atoms with van der Waals surface area (Å²) in [6.07, 6.45) is 6.27. The maximum Gasteiger partial charge on any atom is 0.243 e. The molecule has 0 aliphatic carbocycles. The molecule has 1 aromatic rings. The van der Waals surface area contributed by atoms with Gasteiger partial charge in [-0.25, -0.2) is 13.1 Å². The van der Waals surface area contributed by atoms with E-state index >= 15 is 0 Å². The van der Waals surface area contributed by atoms with Crippen LogP contribution in [0.15, 0.2) is 17.3 Å². The zero-order valence-corrected chi connectivity index (χ0v) is 12.4. The molecule has 1 atom stereocenters. The van der Waals surface area contributed by atoms with Crippen molar-refractivity contribution in [2.75, 3.05) is 19.6 Å². The van der Waals surface area contributed by atoms with Gasteiger partial charge in [-0.3, -0.25) is 9.58 Å². The van der Waals surface area contributed by atoms with E-state index in [0.717, 1.165) is 19.5 Å². The minimum absolute atomic E-state index is 0.228. The predicted molar refractivity (Wildman–Crippen MR) is 73.3 cm³/mol. The Balaban J connectivity index is 1.96. The number of likely N-dealkylation sites (tertiary alicyclic amines) is 1. The average molecular weight is 286 g/mol. The van der Waals surface area contributed by atoms with Crippen molar-refractivity contribution < 1.29 is 8.42 Å². The first-order valence-corrected chi connectivity index (χ1v) is 8.23. The molecule has 1 saturated heterocycles. The molecule has 2 rings (SSSR count). The van der Waals surface area contributed by atoms with Crippen LogP contribution in [0.5, 0.6) is 0 Å². The highest BCUT2D eigenvalue weighted by molar-refractivity contribution is 7.89. The van der Waals surface area contributed by atoms with Crippen LogP contribution in [-0.2, 0) is 17.1 Å². The lowest BCUT2D eigenvalue weighted by Gasteiger charge is -2.26. The Morgan fingerprint density at radius 3 is 2.63 bits per heavy atom. The largest absolute Gasteiger partial charge is 0.299 e. The number of sulfonamides is 1. The van der Waals surface area contributed by atoms with Crippen molar-refractivity contribution in [1.82, 2.24) is 19.4 Å². The molecule has 2 heterocycles. The molecule has 1 fully saturated rings. The van der Waals surface area contributed by atoms with Crippen LogP contribution in [0.2, 0.25) is 0 Å². The van der Waals surface area contributed by atoms with E-state index in [1.165, 1.54) is 29.9 Å². The van der Waals surface area contributed by atoms with E-state index in [1.807, 2.05) is 0 Å². The van der Waals surface area contributed by atoms with E-state index in [4.69, 9.17) is 0 Å². The third-order valence-corrected chi connectivity index (χ3v) is 5.01. The lowest BCUT2D eigenvalue weighted by atomic mass is 10.2. The summed E-state index contributed by atoms with van der Waals surface area (Å²) in [6, 6.07) is 0.286. The summed E-state index contributed by atoms with van der Waals surface area (Å²) >= 11 is 0. The van der Waals surface area contributed by atoms with Gasteiger partial charge in [-0.1, -0.05) is 6.92 Å². The predicted octanol–water partition coefficient (Wildman–Crippen LogP) is 0.573. The quantitative estimate of drug-likeness (QED) is 0.830. The first-order chi connectivity index (χ1) is 9.03. The van der Waals surface area contributed by atoms with Gasteiger partial charge in [-0.2, -0.15) is 5.10 Å². The third-order valence-electron chi connectivity index (χ3n) is 3.63.